The summed E-state index contributed by atoms with van der Waals surface area (Å²) in [6, 6.07) is 3.68. The summed E-state index contributed by atoms with van der Waals surface area (Å²) in [6.45, 7) is 7.38. The van der Waals surface area contributed by atoms with E-state index in [-0.39, 0.29) is 24.6 Å². The number of nitrogens with zero attached hydrogens (tertiary/aromatic N) is 1. The quantitative estimate of drug-likeness (QED) is 0.440. The average Bonchev–Trinajstić information content (AvgIpc) is 3.20. The molecule has 2 aromatic heterocycles. The van der Waals surface area contributed by atoms with Crippen LogP contribution in [0.25, 0.3) is 21.2 Å². The summed E-state index contributed by atoms with van der Waals surface area (Å²) in [6.07, 6.45) is 0.846. The maximum absolute atomic E-state index is 12.6. The number of oxazole rings is 1. The van der Waals surface area contributed by atoms with Gasteiger partial charge in [-0.3, -0.25) is 9.59 Å². The fraction of sp³-hybridized carbons (Fsp3) is 0.450. The molecule has 0 aliphatic heterocycles. The van der Waals surface area contributed by atoms with E-state index in [0.29, 0.717) is 34.0 Å². The molecule has 6 nitrogen and oxygen atoms in total. The molecule has 27 heavy (non-hydrogen) atoms. The maximum atomic E-state index is 12.6. The summed E-state index contributed by atoms with van der Waals surface area (Å²) in [5, 5.41) is 0.861. The Morgan fingerprint density at radius 2 is 1.96 bits per heavy atom. The van der Waals surface area contributed by atoms with Crippen LogP contribution in [0, 0.1) is 0 Å². The third-order valence-electron chi connectivity index (χ3n) is 3.95. The normalized spacial score (nSPS) is 11.9. The van der Waals surface area contributed by atoms with E-state index in [1.54, 1.807) is 27.9 Å². The van der Waals surface area contributed by atoms with Crippen molar-refractivity contribution in [3.8, 4) is 5.75 Å². The van der Waals surface area contributed by atoms with Crippen LogP contribution in [0.4, 0.5) is 0 Å². The van der Waals surface area contributed by atoms with Gasteiger partial charge in [0.1, 0.15) is 11.1 Å². The van der Waals surface area contributed by atoms with Crippen molar-refractivity contribution in [2.24, 2.45) is 0 Å². The fourth-order valence-corrected chi connectivity index (χ4v) is 3.83. The lowest BCUT2D eigenvalue weighted by molar-refractivity contribution is -0.154. The smallest absolute Gasteiger partial charge is 0.306 e. The van der Waals surface area contributed by atoms with Gasteiger partial charge < -0.3 is 13.9 Å². The summed E-state index contributed by atoms with van der Waals surface area (Å²) in [5.41, 5.74) is 0.736. The lowest BCUT2D eigenvalue weighted by atomic mass is 10.1. The van der Waals surface area contributed by atoms with Crippen LogP contribution < -0.4 is 4.74 Å². The van der Waals surface area contributed by atoms with Crippen LogP contribution in [0.3, 0.4) is 0 Å². The van der Waals surface area contributed by atoms with Crippen molar-refractivity contribution < 1.29 is 23.5 Å². The number of rotatable bonds is 6. The molecule has 0 N–H and O–H groups in total. The van der Waals surface area contributed by atoms with E-state index in [2.05, 4.69) is 4.98 Å². The maximum Gasteiger partial charge on any atom is 0.306 e. The zero-order valence-corrected chi connectivity index (χ0v) is 17.0. The van der Waals surface area contributed by atoms with E-state index < -0.39 is 5.60 Å². The third-order valence-corrected chi connectivity index (χ3v) is 5.07. The van der Waals surface area contributed by atoms with Gasteiger partial charge in [0, 0.05) is 29.0 Å². The Morgan fingerprint density at radius 1 is 1.22 bits per heavy atom. The lowest BCUT2D eigenvalue weighted by Crippen LogP contribution is -2.24. The summed E-state index contributed by atoms with van der Waals surface area (Å²) >= 11 is 1.37. The minimum Gasteiger partial charge on any atom is -0.493 e. The number of esters is 1. The van der Waals surface area contributed by atoms with E-state index in [0.717, 1.165) is 10.1 Å². The van der Waals surface area contributed by atoms with Crippen LogP contribution in [0.2, 0.25) is 0 Å². The van der Waals surface area contributed by atoms with Crippen molar-refractivity contribution in [3.05, 3.63) is 22.9 Å². The first-order chi connectivity index (χ1) is 12.7. The first kappa shape index (κ1) is 19.4. The highest BCUT2D eigenvalue weighted by molar-refractivity contribution is 7.21. The number of ether oxygens (including phenoxy) is 2. The molecule has 2 heterocycles. The van der Waals surface area contributed by atoms with Gasteiger partial charge in [-0.05, 0) is 26.8 Å². The first-order valence-electron chi connectivity index (χ1n) is 8.87. The number of hydrogen-bond acceptors (Lipinski definition) is 7. The monoisotopic (exact) mass is 389 g/mol. The van der Waals surface area contributed by atoms with Gasteiger partial charge in [0.2, 0.25) is 0 Å². The zero-order chi connectivity index (χ0) is 19.8. The van der Waals surface area contributed by atoms with Gasteiger partial charge in [-0.25, -0.2) is 4.98 Å². The van der Waals surface area contributed by atoms with Gasteiger partial charge in [0.25, 0.3) is 0 Å². The number of ketones is 1. The molecule has 0 spiro atoms. The van der Waals surface area contributed by atoms with Gasteiger partial charge in [0.05, 0.1) is 18.4 Å². The Morgan fingerprint density at radius 3 is 2.59 bits per heavy atom. The summed E-state index contributed by atoms with van der Waals surface area (Å²) in [7, 11) is 1.58. The first-order valence-corrected chi connectivity index (χ1v) is 9.68. The highest BCUT2D eigenvalue weighted by atomic mass is 32.1. The molecule has 0 aliphatic carbocycles. The number of aromatic nitrogens is 1. The third kappa shape index (κ3) is 4.13. The van der Waals surface area contributed by atoms with Crippen molar-refractivity contribution in [1.29, 1.82) is 0 Å². The SMILES string of the molecule is CCc1nc2c(o1)c(OC)cc1sc(C(=O)CCC(=O)OC(C)(C)C)cc12. The van der Waals surface area contributed by atoms with E-state index >= 15 is 0 Å². The molecule has 1 aromatic carbocycles. The summed E-state index contributed by atoms with van der Waals surface area (Å²) < 4.78 is 17.3. The molecule has 0 bridgehead atoms. The molecular weight excluding hydrogens is 366 g/mol. The van der Waals surface area contributed by atoms with Crippen LogP contribution in [-0.2, 0) is 16.0 Å². The predicted octanol–water partition coefficient (Wildman–Crippen LogP) is 4.92. The number of methoxy groups -OCH3 is 1. The molecule has 0 saturated carbocycles. The molecule has 0 aliphatic rings. The Hall–Kier alpha value is -2.41. The Bertz CT molecular complexity index is 1010. The van der Waals surface area contributed by atoms with Crippen molar-refractivity contribution in [3.63, 3.8) is 0 Å². The second kappa shape index (κ2) is 7.31. The summed E-state index contributed by atoms with van der Waals surface area (Å²) in [4.78, 5) is 29.5. The van der Waals surface area contributed by atoms with E-state index in [1.165, 1.54) is 11.3 Å². The molecule has 0 unspecified atom stereocenters. The molecule has 3 aromatic rings. The number of carbonyl (C=O) groups is 2. The molecular formula is C20H23NO5S. The highest BCUT2D eigenvalue weighted by Crippen LogP contribution is 2.38. The van der Waals surface area contributed by atoms with E-state index in [4.69, 9.17) is 13.9 Å². The number of thiophene rings is 1. The number of hydrogen-bond donors (Lipinski definition) is 0. The zero-order valence-electron chi connectivity index (χ0n) is 16.2. The van der Waals surface area contributed by atoms with E-state index in [9.17, 15) is 9.59 Å². The largest absolute Gasteiger partial charge is 0.493 e. The minimum absolute atomic E-state index is 0.0625. The molecule has 144 valence electrons. The van der Waals surface area contributed by atoms with Gasteiger partial charge >= 0.3 is 5.97 Å². The van der Waals surface area contributed by atoms with Gasteiger partial charge in [-0.15, -0.1) is 11.3 Å². The lowest BCUT2D eigenvalue weighted by Gasteiger charge is -2.19. The Labute approximate surface area is 161 Å². The van der Waals surface area contributed by atoms with Crippen LogP contribution in [0.15, 0.2) is 16.5 Å². The Kier molecular flexibility index (Phi) is 5.24. The second-order valence-electron chi connectivity index (χ2n) is 7.25. The highest BCUT2D eigenvalue weighted by Gasteiger charge is 2.21. The topological polar surface area (TPSA) is 78.6 Å². The van der Waals surface area contributed by atoms with Crippen LogP contribution >= 0.6 is 11.3 Å². The van der Waals surface area contributed by atoms with Crippen molar-refractivity contribution in [1.82, 2.24) is 4.98 Å². The van der Waals surface area contributed by atoms with Crippen molar-refractivity contribution in [2.45, 2.75) is 52.6 Å². The van der Waals surface area contributed by atoms with Gasteiger partial charge in [0.15, 0.2) is 23.0 Å². The number of Topliss-reactive ketones (excluding diaryl/α,β-unsaturated/α-hetero) is 1. The van der Waals surface area contributed by atoms with Crippen LogP contribution in [0.5, 0.6) is 5.75 Å². The minimum atomic E-state index is -0.552. The van der Waals surface area contributed by atoms with Crippen molar-refractivity contribution in [2.75, 3.05) is 7.11 Å². The molecule has 0 fully saturated rings. The molecule has 7 heteroatoms. The fourth-order valence-electron chi connectivity index (χ4n) is 2.77. The molecule has 0 radical (unpaired) electrons. The Balaban J connectivity index is 1.87. The van der Waals surface area contributed by atoms with Gasteiger partial charge in [-0.2, -0.15) is 0 Å². The molecule has 0 atom stereocenters. The number of fused-ring (bicyclic) bond motifs is 3. The van der Waals surface area contributed by atoms with E-state index in [1.807, 2.05) is 19.1 Å². The predicted molar refractivity (Wildman–Crippen MR) is 105 cm³/mol. The summed E-state index contributed by atoms with van der Waals surface area (Å²) in [5.74, 6) is 0.762. The average molecular weight is 389 g/mol. The van der Waals surface area contributed by atoms with Crippen LogP contribution in [-0.4, -0.2) is 29.4 Å². The number of carbonyl (C=O) groups excluding carboxylic acids is 2. The van der Waals surface area contributed by atoms with Gasteiger partial charge in [-0.1, -0.05) is 6.92 Å². The van der Waals surface area contributed by atoms with Crippen molar-refractivity contribution >= 4 is 44.3 Å². The second-order valence-corrected chi connectivity index (χ2v) is 8.33. The number of benzene rings is 1. The molecule has 0 amide bonds. The molecule has 3 rings (SSSR count). The van der Waals surface area contributed by atoms with Crippen LogP contribution in [0.1, 0.15) is 56.1 Å². The molecule has 0 saturated heterocycles. The standard InChI is InChI=1S/C20H23NO5S/c1-6-16-21-18-11-9-15(12(22)7-8-17(23)26-20(2,3)4)27-14(11)10-13(24-5)19(18)25-16/h9-10H,6-8H2,1-5H3. The number of aryl methyl sites for hydroxylation is 1.